The quantitative estimate of drug-likeness (QED) is 0.840. The van der Waals surface area contributed by atoms with E-state index < -0.39 is 6.10 Å². The number of fused-ring (bicyclic) bond motifs is 1. The minimum atomic E-state index is -0.504. The van der Waals surface area contributed by atoms with Crippen molar-refractivity contribution in [3.05, 3.63) is 58.7 Å². The summed E-state index contributed by atoms with van der Waals surface area (Å²) >= 11 is 0. The van der Waals surface area contributed by atoms with Gasteiger partial charge in [-0.1, -0.05) is 24.3 Å². The van der Waals surface area contributed by atoms with Crippen LogP contribution in [-0.4, -0.2) is 18.6 Å². The van der Waals surface area contributed by atoms with Crippen molar-refractivity contribution in [3.8, 4) is 5.75 Å². The molecule has 3 nitrogen and oxygen atoms in total. The molecule has 1 aliphatic rings. The van der Waals surface area contributed by atoms with Gasteiger partial charge >= 0.3 is 0 Å². The van der Waals surface area contributed by atoms with Crippen molar-refractivity contribution < 1.29 is 9.53 Å². The van der Waals surface area contributed by atoms with E-state index in [9.17, 15) is 4.79 Å². The maximum Gasteiger partial charge on any atom is 0.267 e. The average Bonchev–Trinajstić information content (AvgIpc) is 2.58. The summed E-state index contributed by atoms with van der Waals surface area (Å²) < 4.78 is 6.05. The zero-order valence-electron chi connectivity index (χ0n) is 14.9. The Balaban J connectivity index is 1.82. The number of hydrogen-bond donors (Lipinski definition) is 0. The summed E-state index contributed by atoms with van der Waals surface area (Å²) in [4.78, 5) is 14.8. The number of para-hydroxylation sites is 1. The van der Waals surface area contributed by atoms with Gasteiger partial charge in [-0.05, 0) is 74.9 Å². The number of ether oxygens (including phenoxy) is 1. The molecule has 1 atom stereocenters. The van der Waals surface area contributed by atoms with E-state index in [1.807, 2.05) is 49.9 Å². The maximum atomic E-state index is 12.9. The summed E-state index contributed by atoms with van der Waals surface area (Å²) in [6.45, 7) is 8.76. The first-order valence-corrected chi connectivity index (χ1v) is 8.61. The molecule has 0 fully saturated rings. The zero-order valence-corrected chi connectivity index (χ0v) is 14.9. The second-order valence-corrected chi connectivity index (χ2v) is 6.69. The van der Waals surface area contributed by atoms with Gasteiger partial charge in [0.1, 0.15) is 5.75 Å². The molecule has 3 heteroatoms. The number of nitrogens with zero attached hydrogens (tertiary/aromatic N) is 1. The summed E-state index contributed by atoms with van der Waals surface area (Å²) in [7, 11) is 0. The molecule has 0 radical (unpaired) electrons. The Bertz CT molecular complexity index is 766. The van der Waals surface area contributed by atoms with Crippen molar-refractivity contribution in [2.45, 2.75) is 46.6 Å². The van der Waals surface area contributed by atoms with Crippen molar-refractivity contribution in [2.75, 3.05) is 11.4 Å². The summed E-state index contributed by atoms with van der Waals surface area (Å²) in [5, 5.41) is 0. The van der Waals surface area contributed by atoms with Crippen LogP contribution in [0.1, 0.15) is 35.6 Å². The highest BCUT2D eigenvalue weighted by molar-refractivity contribution is 5.97. The van der Waals surface area contributed by atoms with Gasteiger partial charge in [-0.25, -0.2) is 0 Å². The molecule has 1 aliphatic heterocycles. The van der Waals surface area contributed by atoms with Gasteiger partial charge in [-0.15, -0.1) is 0 Å². The monoisotopic (exact) mass is 323 g/mol. The van der Waals surface area contributed by atoms with Crippen LogP contribution in [0.2, 0.25) is 0 Å². The number of amides is 1. The van der Waals surface area contributed by atoms with E-state index in [0.717, 1.165) is 42.0 Å². The molecule has 3 rings (SSSR count). The third-order valence-electron chi connectivity index (χ3n) is 4.79. The van der Waals surface area contributed by atoms with Gasteiger partial charge in [0, 0.05) is 12.2 Å². The lowest BCUT2D eigenvalue weighted by Gasteiger charge is -2.31. The highest BCUT2D eigenvalue weighted by Gasteiger charge is 2.27. The predicted octanol–water partition coefficient (Wildman–Crippen LogP) is 4.36. The van der Waals surface area contributed by atoms with Crippen LogP contribution in [0.3, 0.4) is 0 Å². The van der Waals surface area contributed by atoms with Crippen molar-refractivity contribution in [1.82, 2.24) is 0 Å². The molecular formula is C21H25NO2. The van der Waals surface area contributed by atoms with Crippen LogP contribution in [0.4, 0.5) is 5.69 Å². The first-order valence-electron chi connectivity index (χ1n) is 8.61. The smallest absolute Gasteiger partial charge is 0.267 e. The lowest BCUT2D eigenvalue weighted by molar-refractivity contribution is -0.124. The Hall–Kier alpha value is -2.29. The minimum absolute atomic E-state index is 0.0284. The van der Waals surface area contributed by atoms with Crippen molar-refractivity contribution >= 4 is 11.6 Å². The average molecular weight is 323 g/mol. The molecule has 126 valence electrons. The fourth-order valence-corrected chi connectivity index (χ4v) is 3.35. The van der Waals surface area contributed by atoms with E-state index in [0.29, 0.717) is 0 Å². The molecule has 2 aromatic rings. The van der Waals surface area contributed by atoms with E-state index in [-0.39, 0.29) is 5.91 Å². The van der Waals surface area contributed by atoms with Gasteiger partial charge in [-0.2, -0.15) is 0 Å². The Morgan fingerprint density at radius 3 is 2.71 bits per heavy atom. The number of rotatable bonds is 3. The molecular weight excluding hydrogens is 298 g/mol. The molecule has 0 bridgehead atoms. The lowest BCUT2D eigenvalue weighted by atomic mass is 10.0. The van der Waals surface area contributed by atoms with E-state index in [1.54, 1.807) is 0 Å². The molecule has 0 aromatic heterocycles. The maximum absolute atomic E-state index is 12.9. The predicted molar refractivity (Wildman–Crippen MR) is 97.9 cm³/mol. The normalized spacial score (nSPS) is 14.9. The van der Waals surface area contributed by atoms with Gasteiger partial charge in [0.15, 0.2) is 6.10 Å². The summed E-state index contributed by atoms with van der Waals surface area (Å²) in [6.07, 6.45) is 1.53. The zero-order chi connectivity index (χ0) is 17.3. The highest BCUT2D eigenvalue weighted by Crippen LogP contribution is 2.29. The number of hydrogen-bond acceptors (Lipinski definition) is 2. The molecule has 0 N–H and O–H groups in total. The Kier molecular flexibility index (Phi) is 4.61. The van der Waals surface area contributed by atoms with Gasteiger partial charge in [0.2, 0.25) is 0 Å². The third-order valence-corrected chi connectivity index (χ3v) is 4.79. The van der Waals surface area contributed by atoms with Crippen LogP contribution in [0.5, 0.6) is 5.75 Å². The summed E-state index contributed by atoms with van der Waals surface area (Å²) in [5.74, 6) is 0.833. The highest BCUT2D eigenvalue weighted by atomic mass is 16.5. The number of benzene rings is 2. The molecule has 0 spiro atoms. The van der Waals surface area contributed by atoms with Crippen LogP contribution >= 0.6 is 0 Å². The SMILES string of the molecule is Cc1cc(C)c(C)c(O[C@H](C)C(=O)N2CCCc3ccccc32)c1. The molecule has 1 amide bonds. The first kappa shape index (κ1) is 16.6. The third kappa shape index (κ3) is 3.16. The van der Waals surface area contributed by atoms with Gasteiger partial charge in [0.05, 0.1) is 0 Å². The Labute approximate surface area is 144 Å². The number of carbonyl (C=O) groups excluding carboxylic acids is 1. The van der Waals surface area contributed by atoms with E-state index in [2.05, 4.69) is 19.1 Å². The lowest BCUT2D eigenvalue weighted by Crippen LogP contribution is -2.43. The van der Waals surface area contributed by atoms with Crippen LogP contribution < -0.4 is 9.64 Å². The summed E-state index contributed by atoms with van der Waals surface area (Å²) in [5.41, 5.74) is 5.71. The van der Waals surface area contributed by atoms with E-state index in [4.69, 9.17) is 4.74 Å². The van der Waals surface area contributed by atoms with Crippen molar-refractivity contribution in [2.24, 2.45) is 0 Å². The second kappa shape index (κ2) is 6.68. The number of aryl methyl sites for hydroxylation is 3. The van der Waals surface area contributed by atoms with Gasteiger partial charge in [-0.3, -0.25) is 4.79 Å². The molecule has 2 aromatic carbocycles. The molecule has 0 saturated heterocycles. The van der Waals surface area contributed by atoms with Crippen LogP contribution in [-0.2, 0) is 11.2 Å². The molecule has 0 aliphatic carbocycles. The fourth-order valence-electron chi connectivity index (χ4n) is 3.35. The largest absolute Gasteiger partial charge is 0.481 e. The first-order chi connectivity index (χ1) is 11.5. The fraction of sp³-hybridized carbons (Fsp3) is 0.381. The van der Waals surface area contributed by atoms with E-state index in [1.165, 1.54) is 11.1 Å². The van der Waals surface area contributed by atoms with Crippen LogP contribution in [0, 0.1) is 20.8 Å². The van der Waals surface area contributed by atoms with E-state index >= 15 is 0 Å². The standard InChI is InChI=1S/C21H25NO2/c1-14-12-15(2)16(3)20(13-14)24-17(4)21(23)22-11-7-9-18-8-5-6-10-19(18)22/h5-6,8,10,12-13,17H,7,9,11H2,1-4H3/t17-/m1/s1. The van der Waals surface area contributed by atoms with Crippen LogP contribution in [0.15, 0.2) is 36.4 Å². The summed E-state index contributed by atoms with van der Waals surface area (Å²) in [6, 6.07) is 12.3. The molecule has 0 saturated carbocycles. The minimum Gasteiger partial charge on any atom is -0.481 e. The molecule has 24 heavy (non-hydrogen) atoms. The van der Waals surface area contributed by atoms with Crippen LogP contribution in [0.25, 0.3) is 0 Å². The topological polar surface area (TPSA) is 29.5 Å². The number of anilines is 1. The molecule has 0 unspecified atom stereocenters. The van der Waals surface area contributed by atoms with Gasteiger partial charge < -0.3 is 9.64 Å². The second-order valence-electron chi connectivity index (χ2n) is 6.69. The Morgan fingerprint density at radius 1 is 1.17 bits per heavy atom. The molecule has 1 heterocycles. The van der Waals surface area contributed by atoms with Crippen molar-refractivity contribution in [1.29, 1.82) is 0 Å². The Morgan fingerprint density at radius 2 is 1.92 bits per heavy atom. The number of carbonyl (C=O) groups is 1. The van der Waals surface area contributed by atoms with Crippen molar-refractivity contribution in [3.63, 3.8) is 0 Å². The van der Waals surface area contributed by atoms with Gasteiger partial charge in [0.25, 0.3) is 5.91 Å².